The Morgan fingerprint density at radius 1 is 1.05 bits per heavy atom. The first-order valence-electron chi connectivity index (χ1n) is 7.41. The monoisotopic (exact) mass is 285 g/mol. The van der Waals surface area contributed by atoms with Gasteiger partial charge in [0, 0.05) is 12.5 Å². The van der Waals surface area contributed by atoms with Gasteiger partial charge in [-0.25, -0.2) is 0 Å². The molecule has 1 aromatic carbocycles. The molecule has 0 radical (unpaired) electrons. The van der Waals surface area contributed by atoms with Crippen molar-refractivity contribution in [3.8, 4) is 0 Å². The predicted molar refractivity (Wildman–Crippen MR) is 74.7 cm³/mol. The summed E-state index contributed by atoms with van der Waals surface area (Å²) in [6.07, 6.45) is 0.00437. The Hall–Kier alpha value is -1.03. The van der Waals surface area contributed by atoms with E-state index in [1.165, 1.54) is 18.4 Å². The van der Waals surface area contributed by atoms with Crippen LogP contribution in [-0.2, 0) is 0 Å². The smallest absolute Gasteiger partial charge is 0.313 e. The second-order valence-corrected chi connectivity index (χ2v) is 5.58. The molecular formula is C16H22F3N. The van der Waals surface area contributed by atoms with Crippen molar-refractivity contribution in [2.75, 3.05) is 6.54 Å². The molecule has 0 saturated heterocycles. The van der Waals surface area contributed by atoms with Crippen molar-refractivity contribution in [2.24, 2.45) is 0 Å². The SMILES string of the molecule is FC(F)(F)CCCNC1CCCCC1c1ccccc1. The van der Waals surface area contributed by atoms with Gasteiger partial charge in [-0.3, -0.25) is 0 Å². The Bertz CT molecular complexity index is 388. The number of nitrogens with one attached hydrogen (secondary N) is 1. The van der Waals surface area contributed by atoms with E-state index >= 15 is 0 Å². The van der Waals surface area contributed by atoms with Crippen molar-refractivity contribution in [2.45, 2.75) is 56.7 Å². The van der Waals surface area contributed by atoms with Crippen LogP contribution in [0, 0.1) is 0 Å². The van der Waals surface area contributed by atoms with E-state index in [4.69, 9.17) is 0 Å². The van der Waals surface area contributed by atoms with Gasteiger partial charge in [-0.2, -0.15) is 13.2 Å². The number of hydrogen-bond donors (Lipinski definition) is 1. The standard InChI is InChI=1S/C16H22F3N/c17-16(18,19)11-6-12-20-15-10-5-4-9-14(15)13-7-2-1-3-8-13/h1-3,7-8,14-15,20H,4-6,9-12H2. The summed E-state index contributed by atoms with van der Waals surface area (Å²) >= 11 is 0. The van der Waals surface area contributed by atoms with Gasteiger partial charge in [0.1, 0.15) is 0 Å². The lowest BCUT2D eigenvalue weighted by Crippen LogP contribution is -2.38. The minimum absolute atomic E-state index is 0.168. The van der Waals surface area contributed by atoms with Crippen molar-refractivity contribution < 1.29 is 13.2 Å². The van der Waals surface area contributed by atoms with Gasteiger partial charge in [0.2, 0.25) is 0 Å². The van der Waals surface area contributed by atoms with Crippen LogP contribution in [0.3, 0.4) is 0 Å². The molecule has 2 unspecified atom stereocenters. The summed E-state index contributed by atoms with van der Waals surface area (Å²) in [6.45, 7) is 0.452. The maximum atomic E-state index is 12.1. The minimum atomic E-state index is -4.03. The maximum Gasteiger partial charge on any atom is 0.389 e. The zero-order valence-corrected chi connectivity index (χ0v) is 11.6. The van der Waals surface area contributed by atoms with Crippen molar-refractivity contribution >= 4 is 0 Å². The maximum absolute atomic E-state index is 12.1. The second-order valence-electron chi connectivity index (χ2n) is 5.58. The van der Waals surface area contributed by atoms with Crippen LogP contribution >= 0.6 is 0 Å². The Balaban J connectivity index is 1.85. The molecular weight excluding hydrogens is 263 g/mol. The molecule has 1 saturated carbocycles. The van der Waals surface area contributed by atoms with Crippen LogP contribution in [0.4, 0.5) is 13.2 Å². The highest BCUT2D eigenvalue weighted by atomic mass is 19.4. The van der Waals surface area contributed by atoms with E-state index in [1.807, 2.05) is 18.2 Å². The highest BCUT2D eigenvalue weighted by Crippen LogP contribution is 2.33. The third-order valence-electron chi connectivity index (χ3n) is 4.04. The Morgan fingerprint density at radius 3 is 2.45 bits per heavy atom. The number of halogens is 3. The normalized spacial score (nSPS) is 23.8. The summed E-state index contributed by atoms with van der Waals surface area (Å²) in [5.41, 5.74) is 1.31. The van der Waals surface area contributed by atoms with E-state index in [9.17, 15) is 13.2 Å². The summed E-state index contributed by atoms with van der Waals surface area (Å²) in [5, 5.41) is 3.34. The summed E-state index contributed by atoms with van der Waals surface area (Å²) in [4.78, 5) is 0. The Kier molecular flexibility index (Phi) is 5.46. The molecule has 112 valence electrons. The first-order chi connectivity index (χ1) is 9.56. The van der Waals surface area contributed by atoms with Crippen molar-refractivity contribution in [3.05, 3.63) is 35.9 Å². The van der Waals surface area contributed by atoms with Gasteiger partial charge in [-0.1, -0.05) is 43.2 Å². The lowest BCUT2D eigenvalue weighted by molar-refractivity contribution is -0.135. The largest absolute Gasteiger partial charge is 0.389 e. The highest BCUT2D eigenvalue weighted by Gasteiger charge is 2.28. The molecule has 1 N–H and O–H groups in total. The van der Waals surface area contributed by atoms with Gasteiger partial charge >= 0.3 is 6.18 Å². The Morgan fingerprint density at radius 2 is 1.75 bits per heavy atom. The molecule has 0 spiro atoms. The average molecular weight is 285 g/mol. The third-order valence-corrected chi connectivity index (χ3v) is 4.04. The van der Waals surface area contributed by atoms with Gasteiger partial charge in [0.25, 0.3) is 0 Å². The minimum Gasteiger partial charge on any atom is -0.313 e. The van der Waals surface area contributed by atoms with Crippen molar-refractivity contribution in [1.82, 2.24) is 5.32 Å². The molecule has 2 rings (SSSR count). The molecule has 2 atom stereocenters. The fourth-order valence-corrected chi connectivity index (χ4v) is 3.05. The number of benzene rings is 1. The molecule has 4 heteroatoms. The summed E-state index contributed by atoms with van der Waals surface area (Å²) < 4.78 is 36.4. The first-order valence-corrected chi connectivity index (χ1v) is 7.41. The zero-order valence-electron chi connectivity index (χ0n) is 11.6. The van der Waals surface area contributed by atoms with Crippen LogP contribution in [0.15, 0.2) is 30.3 Å². The van der Waals surface area contributed by atoms with Crippen LogP contribution in [0.2, 0.25) is 0 Å². The van der Waals surface area contributed by atoms with E-state index in [-0.39, 0.29) is 6.42 Å². The highest BCUT2D eigenvalue weighted by molar-refractivity contribution is 5.21. The van der Waals surface area contributed by atoms with Crippen LogP contribution in [0.1, 0.15) is 50.0 Å². The van der Waals surface area contributed by atoms with Crippen LogP contribution in [-0.4, -0.2) is 18.8 Å². The molecule has 0 aromatic heterocycles. The molecule has 0 aliphatic heterocycles. The fraction of sp³-hybridized carbons (Fsp3) is 0.625. The van der Waals surface area contributed by atoms with Crippen molar-refractivity contribution in [1.29, 1.82) is 0 Å². The van der Waals surface area contributed by atoms with Gasteiger partial charge in [-0.05, 0) is 37.3 Å². The van der Waals surface area contributed by atoms with Crippen LogP contribution in [0.25, 0.3) is 0 Å². The molecule has 0 bridgehead atoms. The van der Waals surface area contributed by atoms with E-state index in [0.717, 1.165) is 12.8 Å². The van der Waals surface area contributed by atoms with Crippen LogP contribution in [0.5, 0.6) is 0 Å². The van der Waals surface area contributed by atoms with E-state index in [0.29, 0.717) is 18.5 Å². The van der Waals surface area contributed by atoms with Gasteiger partial charge in [0.15, 0.2) is 0 Å². The molecule has 1 aliphatic rings. The third kappa shape index (κ3) is 4.82. The number of alkyl halides is 3. The Labute approximate surface area is 118 Å². The molecule has 1 fully saturated rings. The molecule has 0 amide bonds. The molecule has 1 aromatic rings. The van der Waals surface area contributed by atoms with Crippen LogP contribution < -0.4 is 5.32 Å². The van der Waals surface area contributed by atoms with E-state index in [1.54, 1.807) is 0 Å². The van der Waals surface area contributed by atoms with Gasteiger partial charge in [-0.15, -0.1) is 0 Å². The predicted octanol–water partition coefficient (Wildman–Crippen LogP) is 4.64. The molecule has 1 aliphatic carbocycles. The second kappa shape index (κ2) is 7.11. The lowest BCUT2D eigenvalue weighted by atomic mass is 9.80. The fourth-order valence-electron chi connectivity index (χ4n) is 3.05. The van der Waals surface area contributed by atoms with Gasteiger partial charge in [0.05, 0.1) is 0 Å². The zero-order chi connectivity index (χ0) is 14.4. The average Bonchev–Trinajstić information content (AvgIpc) is 2.44. The first kappa shape index (κ1) is 15.4. The molecule has 20 heavy (non-hydrogen) atoms. The number of hydrogen-bond acceptors (Lipinski definition) is 1. The lowest BCUT2D eigenvalue weighted by Gasteiger charge is -2.33. The van der Waals surface area contributed by atoms with E-state index < -0.39 is 12.6 Å². The van der Waals surface area contributed by atoms with Crippen molar-refractivity contribution in [3.63, 3.8) is 0 Å². The number of rotatable bonds is 5. The van der Waals surface area contributed by atoms with Gasteiger partial charge < -0.3 is 5.32 Å². The quantitative estimate of drug-likeness (QED) is 0.777. The topological polar surface area (TPSA) is 12.0 Å². The summed E-state index contributed by atoms with van der Waals surface area (Å²) in [5.74, 6) is 0.441. The molecule has 1 nitrogen and oxygen atoms in total. The molecule has 0 heterocycles. The van der Waals surface area contributed by atoms with E-state index in [2.05, 4.69) is 17.4 Å². The summed E-state index contributed by atoms with van der Waals surface area (Å²) in [7, 11) is 0. The summed E-state index contributed by atoms with van der Waals surface area (Å²) in [6, 6.07) is 10.6.